The Balaban J connectivity index is 1.80. The number of carbonyl (C=O) groups excluding carboxylic acids is 1. The molecule has 0 unspecified atom stereocenters. The summed E-state index contributed by atoms with van der Waals surface area (Å²) in [5, 5.41) is 2.83. The molecular formula is C16H18N2O2. The highest BCUT2D eigenvalue weighted by atomic mass is 16.2. The van der Waals surface area contributed by atoms with Crippen LogP contribution in [0.5, 0.6) is 0 Å². The molecule has 4 heteroatoms. The number of nitrogens with zero attached hydrogens (tertiary/aromatic N) is 1. The summed E-state index contributed by atoms with van der Waals surface area (Å²) in [5.41, 5.74) is 1.49. The van der Waals surface area contributed by atoms with E-state index in [2.05, 4.69) is 17.4 Å². The molecule has 0 fully saturated rings. The molecule has 2 aromatic rings. The van der Waals surface area contributed by atoms with Gasteiger partial charge in [-0.05, 0) is 24.5 Å². The third-order valence-corrected chi connectivity index (χ3v) is 3.14. The monoisotopic (exact) mass is 270 g/mol. The normalized spacial score (nSPS) is 10.2. The Bertz CT molecular complexity index is 632. The van der Waals surface area contributed by atoms with Crippen molar-refractivity contribution in [1.82, 2.24) is 9.88 Å². The molecule has 0 spiro atoms. The van der Waals surface area contributed by atoms with E-state index in [-0.39, 0.29) is 11.5 Å². The predicted octanol–water partition coefficient (Wildman–Crippen LogP) is 1.75. The molecule has 0 aliphatic carbocycles. The van der Waals surface area contributed by atoms with Crippen molar-refractivity contribution in [2.75, 3.05) is 6.54 Å². The van der Waals surface area contributed by atoms with Crippen LogP contribution in [0.1, 0.15) is 22.3 Å². The van der Waals surface area contributed by atoms with Crippen LogP contribution in [0.25, 0.3) is 0 Å². The fourth-order valence-corrected chi connectivity index (χ4v) is 1.93. The fraction of sp³-hybridized carbons (Fsp3) is 0.250. The van der Waals surface area contributed by atoms with Crippen molar-refractivity contribution in [3.63, 3.8) is 0 Å². The van der Waals surface area contributed by atoms with Gasteiger partial charge in [-0.15, -0.1) is 0 Å². The summed E-state index contributed by atoms with van der Waals surface area (Å²) in [6.45, 7) is 0.600. The lowest BCUT2D eigenvalue weighted by Gasteiger charge is -2.06. The van der Waals surface area contributed by atoms with Crippen molar-refractivity contribution < 1.29 is 4.79 Å². The Kier molecular flexibility index (Phi) is 4.71. The van der Waals surface area contributed by atoms with Gasteiger partial charge in [-0.25, -0.2) is 0 Å². The van der Waals surface area contributed by atoms with E-state index in [4.69, 9.17) is 0 Å². The second kappa shape index (κ2) is 6.70. The first-order chi connectivity index (χ1) is 9.66. The molecular weight excluding hydrogens is 252 g/mol. The van der Waals surface area contributed by atoms with E-state index >= 15 is 0 Å². The molecule has 0 aliphatic heterocycles. The van der Waals surface area contributed by atoms with Crippen LogP contribution in [0.4, 0.5) is 0 Å². The molecule has 1 N–H and O–H groups in total. The highest BCUT2D eigenvalue weighted by molar-refractivity contribution is 5.93. The Morgan fingerprint density at radius 2 is 1.95 bits per heavy atom. The van der Waals surface area contributed by atoms with Gasteiger partial charge in [0.05, 0.1) is 0 Å². The SMILES string of the molecule is Cn1ccc(C(=O)NCCCc2ccccc2)cc1=O. The maximum Gasteiger partial charge on any atom is 0.251 e. The number of aromatic nitrogens is 1. The molecule has 0 radical (unpaired) electrons. The standard InChI is InChI=1S/C16H18N2O2/c1-18-11-9-14(12-15(18)19)16(20)17-10-5-8-13-6-3-2-4-7-13/h2-4,6-7,9,11-12H,5,8,10H2,1H3,(H,17,20). The third kappa shape index (κ3) is 3.82. The number of benzene rings is 1. The fourth-order valence-electron chi connectivity index (χ4n) is 1.93. The number of amides is 1. The highest BCUT2D eigenvalue weighted by Crippen LogP contribution is 2.01. The summed E-state index contributed by atoms with van der Waals surface area (Å²) in [6.07, 6.45) is 3.40. The minimum absolute atomic E-state index is 0.179. The van der Waals surface area contributed by atoms with Gasteiger partial charge in [-0.1, -0.05) is 30.3 Å². The molecule has 4 nitrogen and oxygen atoms in total. The van der Waals surface area contributed by atoms with Crippen LogP contribution in [-0.2, 0) is 13.5 Å². The number of hydrogen-bond acceptors (Lipinski definition) is 2. The Morgan fingerprint density at radius 3 is 2.65 bits per heavy atom. The number of hydrogen-bond donors (Lipinski definition) is 1. The topological polar surface area (TPSA) is 51.1 Å². The lowest BCUT2D eigenvalue weighted by atomic mass is 10.1. The first-order valence-electron chi connectivity index (χ1n) is 6.65. The molecule has 1 heterocycles. The number of rotatable bonds is 5. The molecule has 1 amide bonds. The highest BCUT2D eigenvalue weighted by Gasteiger charge is 2.05. The van der Waals surface area contributed by atoms with Gasteiger partial charge >= 0.3 is 0 Å². The quantitative estimate of drug-likeness (QED) is 0.841. The van der Waals surface area contributed by atoms with Gasteiger partial charge in [-0.2, -0.15) is 0 Å². The Labute approximate surface area is 118 Å². The maximum absolute atomic E-state index is 11.9. The van der Waals surface area contributed by atoms with E-state index in [0.717, 1.165) is 12.8 Å². The minimum atomic E-state index is -0.198. The van der Waals surface area contributed by atoms with E-state index in [1.54, 1.807) is 19.3 Å². The summed E-state index contributed by atoms with van der Waals surface area (Å²) >= 11 is 0. The summed E-state index contributed by atoms with van der Waals surface area (Å²) in [7, 11) is 1.66. The smallest absolute Gasteiger partial charge is 0.251 e. The Morgan fingerprint density at radius 1 is 1.20 bits per heavy atom. The van der Waals surface area contributed by atoms with Crippen LogP contribution in [0.15, 0.2) is 53.5 Å². The van der Waals surface area contributed by atoms with Crippen molar-refractivity contribution in [1.29, 1.82) is 0 Å². The molecule has 1 aromatic carbocycles. The van der Waals surface area contributed by atoms with Crippen LogP contribution >= 0.6 is 0 Å². The Hall–Kier alpha value is -2.36. The molecule has 2 rings (SSSR count). The number of carbonyl (C=O) groups is 1. The lowest BCUT2D eigenvalue weighted by molar-refractivity contribution is 0.0953. The van der Waals surface area contributed by atoms with Crippen LogP contribution < -0.4 is 10.9 Å². The second-order valence-corrected chi connectivity index (χ2v) is 4.71. The van der Waals surface area contributed by atoms with Crippen LogP contribution in [0.2, 0.25) is 0 Å². The summed E-state index contributed by atoms with van der Waals surface area (Å²) < 4.78 is 1.44. The summed E-state index contributed by atoms with van der Waals surface area (Å²) in [5.74, 6) is -0.198. The van der Waals surface area contributed by atoms with Gasteiger partial charge < -0.3 is 9.88 Å². The average Bonchev–Trinajstić information content (AvgIpc) is 2.47. The molecule has 20 heavy (non-hydrogen) atoms. The van der Waals surface area contributed by atoms with Crippen LogP contribution in [-0.4, -0.2) is 17.0 Å². The van der Waals surface area contributed by atoms with E-state index < -0.39 is 0 Å². The average molecular weight is 270 g/mol. The molecule has 1 aromatic heterocycles. The van der Waals surface area contributed by atoms with Crippen molar-refractivity contribution in [2.45, 2.75) is 12.8 Å². The van der Waals surface area contributed by atoms with Gasteiger partial charge in [0, 0.05) is 31.4 Å². The first-order valence-corrected chi connectivity index (χ1v) is 6.65. The van der Waals surface area contributed by atoms with E-state index in [1.807, 2.05) is 18.2 Å². The summed E-state index contributed by atoms with van der Waals surface area (Å²) in [4.78, 5) is 23.3. The third-order valence-electron chi connectivity index (χ3n) is 3.14. The second-order valence-electron chi connectivity index (χ2n) is 4.71. The van der Waals surface area contributed by atoms with Crippen molar-refractivity contribution in [3.05, 3.63) is 70.1 Å². The predicted molar refractivity (Wildman–Crippen MR) is 78.8 cm³/mol. The minimum Gasteiger partial charge on any atom is -0.352 e. The van der Waals surface area contributed by atoms with Gasteiger partial charge in [0.2, 0.25) is 0 Å². The molecule has 0 saturated heterocycles. The summed E-state index contributed by atoms with van der Waals surface area (Å²) in [6, 6.07) is 13.1. The van der Waals surface area contributed by atoms with Crippen LogP contribution in [0, 0.1) is 0 Å². The largest absolute Gasteiger partial charge is 0.352 e. The van der Waals surface area contributed by atoms with E-state index in [0.29, 0.717) is 12.1 Å². The van der Waals surface area contributed by atoms with Crippen molar-refractivity contribution in [2.24, 2.45) is 7.05 Å². The molecule has 0 aliphatic rings. The molecule has 104 valence electrons. The van der Waals surface area contributed by atoms with E-state index in [9.17, 15) is 9.59 Å². The van der Waals surface area contributed by atoms with Gasteiger partial charge in [-0.3, -0.25) is 9.59 Å². The molecule has 0 saturated carbocycles. The van der Waals surface area contributed by atoms with Gasteiger partial charge in [0.15, 0.2) is 0 Å². The van der Waals surface area contributed by atoms with Crippen molar-refractivity contribution >= 4 is 5.91 Å². The number of aryl methyl sites for hydroxylation is 2. The number of pyridine rings is 1. The molecule has 0 atom stereocenters. The zero-order valence-corrected chi connectivity index (χ0v) is 11.5. The lowest BCUT2D eigenvalue weighted by Crippen LogP contribution is -2.27. The zero-order valence-electron chi connectivity index (χ0n) is 11.5. The van der Waals surface area contributed by atoms with Gasteiger partial charge in [0.1, 0.15) is 0 Å². The van der Waals surface area contributed by atoms with Crippen molar-refractivity contribution in [3.8, 4) is 0 Å². The zero-order chi connectivity index (χ0) is 14.4. The maximum atomic E-state index is 11.9. The van der Waals surface area contributed by atoms with Crippen LogP contribution in [0.3, 0.4) is 0 Å². The first kappa shape index (κ1) is 14.1. The molecule has 0 bridgehead atoms. The van der Waals surface area contributed by atoms with Gasteiger partial charge in [0.25, 0.3) is 11.5 Å². The van der Waals surface area contributed by atoms with E-state index in [1.165, 1.54) is 16.2 Å². The number of nitrogens with one attached hydrogen (secondary N) is 1.